The summed E-state index contributed by atoms with van der Waals surface area (Å²) in [6, 6.07) is 8.06. The molecule has 0 spiro atoms. The lowest BCUT2D eigenvalue weighted by molar-refractivity contribution is 0.407. The summed E-state index contributed by atoms with van der Waals surface area (Å²) in [7, 11) is 1.70. The molecule has 1 atom stereocenters. The Morgan fingerprint density at radius 1 is 1.30 bits per heavy atom. The Morgan fingerprint density at radius 2 is 2.05 bits per heavy atom. The molecule has 0 saturated heterocycles. The van der Waals surface area contributed by atoms with Gasteiger partial charge in [-0.2, -0.15) is 0 Å². The highest BCUT2D eigenvalue weighted by molar-refractivity contribution is 5.33. The number of para-hydroxylation sites is 1. The first-order valence-corrected chi connectivity index (χ1v) is 6.99. The molecule has 1 heterocycles. The Bertz CT molecular complexity index is 548. The molecule has 4 heteroatoms. The van der Waals surface area contributed by atoms with Gasteiger partial charge < -0.3 is 15.0 Å². The maximum absolute atomic E-state index is 5.92. The molecule has 108 valence electrons. The first-order chi connectivity index (χ1) is 9.67. The van der Waals surface area contributed by atoms with Crippen LogP contribution < -0.4 is 10.5 Å². The van der Waals surface area contributed by atoms with Crippen LogP contribution in [-0.2, 0) is 6.54 Å². The third-order valence-corrected chi connectivity index (χ3v) is 3.72. The van der Waals surface area contributed by atoms with E-state index in [1.807, 2.05) is 30.7 Å². The highest BCUT2D eigenvalue weighted by Crippen LogP contribution is 2.25. The molecule has 1 aromatic heterocycles. The van der Waals surface area contributed by atoms with E-state index in [4.69, 9.17) is 10.5 Å². The molecule has 1 unspecified atom stereocenters. The highest BCUT2D eigenvalue weighted by Gasteiger charge is 2.18. The normalized spacial score (nSPS) is 12.7. The average molecular weight is 273 g/mol. The maximum Gasteiger partial charge on any atom is 0.123 e. The second-order valence-electron chi connectivity index (χ2n) is 5.34. The van der Waals surface area contributed by atoms with Crippen LogP contribution in [0.15, 0.2) is 36.8 Å². The number of hydrogen-bond donors (Lipinski definition) is 1. The lowest BCUT2D eigenvalue weighted by atomic mass is 9.93. The molecular formula is C16H23N3O. The molecule has 0 aliphatic rings. The molecule has 0 amide bonds. The molecule has 2 rings (SSSR count). The van der Waals surface area contributed by atoms with Crippen molar-refractivity contribution >= 4 is 0 Å². The van der Waals surface area contributed by atoms with E-state index in [1.165, 1.54) is 5.69 Å². The van der Waals surface area contributed by atoms with E-state index >= 15 is 0 Å². The van der Waals surface area contributed by atoms with E-state index in [0.29, 0.717) is 18.4 Å². The number of imidazole rings is 1. The maximum atomic E-state index is 5.92. The van der Waals surface area contributed by atoms with Crippen molar-refractivity contribution < 1.29 is 4.74 Å². The highest BCUT2D eigenvalue weighted by atomic mass is 16.5. The van der Waals surface area contributed by atoms with Gasteiger partial charge in [0.1, 0.15) is 5.75 Å². The van der Waals surface area contributed by atoms with E-state index in [1.54, 1.807) is 7.11 Å². The third kappa shape index (κ3) is 3.02. The fourth-order valence-electron chi connectivity index (χ4n) is 2.52. The molecule has 0 aliphatic heterocycles. The van der Waals surface area contributed by atoms with Crippen LogP contribution in [0, 0.1) is 5.92 Å². The van der Waals surface area contributed by atoms with Crippen molar-refractivity contribution in [2.75, 3.05) is 13.7 Å². The van der Waals surface area contributed by atoms with E-state index in [2.05, 4.69) is 29.5 Å². The van der Waals surface area contributed by atoms with Gasteiger partial charge in [0.2, 0.25) is 0 Å². The van der Waals surface area contributed by atoms with E-state index < -0.39 is 0 Å². The Labute approximate surface area is 120 Å². The number of nitrogens with two attached hydrogens (primary N) is 1. The number of nitrogens with zero attached hydrogens (tertiary/aromatic N) is 2. The molecule has 0 saturated carbocycles. The van der Waals surface area contributed by atoms with Crippen molar-refractivity contribution in [3.05, 3.63) is 48.0 Å². The van der Waals surface area contributed by atoms with Crippen molar-refractivity contribution in [2.24, 2.45) is 11.7 Å². The van der Waals surface area contributed by atoms with Crippen LogP contribution in [0.1, 0.15) is 31.0 Å². The molecule has 20 heavy (non-hydrogen) atoms. The minimum Gasteiger partial charge on any atom is -0.496 e. The largest absolute Gasteiger partial charge is 0.496 e. The van der Waals surface area contributed by atoms with Gasteiger partial charge in [-0.1, -0.05) is 32.0 Å². The van der Waals surface area contributed by atoms with Gasteiger partial charge in [-0.3, -0.25) is 0 Å². The second kappa shape index (κ2) is 6.57. The molecule has 0 fully saturated rings. The third-order valence-electron chi connectivity index (χ3n) is 3.72. The van der Waals surface area contributed by atoms with Crippen LogP contribution in [0.3, 0.4) is 0 Å². The van der Waals surface area contributed by atoms with Gasteiger partial charge in [-0.05, 0) is 12.0 Å². The summed E-state index contributed by atoms with van der Waals surface area (Å²) in [6.07, 6.45) is 3.79. The van der Waals surface area contributed by atoms with Crippen LogP contribution in [0.25, 0.3) is 0 Å². The monoisotopic (exact) mass is 273 g/mol. The van der Waals surface area contributed by atoms with Crippen molar-refractivity contribution in [3.8, 4) is 5.75 Å². The summed E-state index contributed by atoms with van der Waals surface area (Å²) in [5.74, 6) is 1.72. The molecule has 0 aliphatic carbocycles. The zero-order valence-electron chi connectivity index (χ0n) is 12.4. The van der Waals surface area contributed by atoms with Gasteiger partial charge >= 0.3 is 0 Å². The predicted octanol–water partition coefficient (Wildman–Crippen LogP) is 2.64. The van der Waals surface area contributed by atoms with Crippen LogP contribution in [0.4, 0.5) is 0 Å². The summed E-state index contributed by atoms with van der Waals surface area (Å²) in [5.41, 5.74) is 8.25. The minimum absolute atomic E-state index is 0.326. The van der Waals surface area contributed by atoms with Gasteiger partial charge in [0.15, 0.2) is 0 Å². The molecule has 0 radical (unpaired) electrons. The molecule has 1 aromatic carbocycles. The standard InChI is InChI=1S/C16H23N3O/c1-12(2)14(8-17)15-9-18-11-19(15)10-13-6-4-5-7-16(13)20-3/h4-7,9,11-12,14H,8,10,17H2,1-3H3. The number of rotatable bonds is 6. The van der Waals surface area contributed by atoms with Crippen molar-refractivity contribution in [1.82, 2.24) is 9.55 Å². The molecule has 0 bridgehead atoms. The van der Waals surface area contributed by atoms with Gasteiger partial charge in [0.25, 0.3) is 0 Å². The molecular weight excluding hydrogens is 250 g/mol. The van der Waals surface area contributed by atoms with Crippen molar-refractivity contribution in [3.63, 3.8) is 0 Å². The van der Waals surface area contributed by atoms with E-state index in [0.717, 1.165) is 17.9 Å². The van der Waals surface area contributed by atoms with Crippen molar-refractivity contribution in [2.45, 2.75) is 26.3 Å². The zero-order chi connectivity index (χ0) is 14.5. The average Bonchev–Trinajstić information content (AvgIpc) is 2.88. The smallest absolute Gasteiger partial charge is 0.123 e. The molecule has 2 N–H and O–H groups in total. The summed E-state index contributed by atoms with van der Waals surface area (Å²) >= 11 is 0. The first-order valence-electron chi connectivity index (χ1n) is 6.99. The predicted molar refractivity (Wildman–Crippen MR) is 81.0 cm³/mol. The van der Waals surface area contributed by atoms with E-state index in [9.17, 15) is 0 Å². The number of aromatic nitrogens is 2. The van der Waals surface area contributed by atoms with Gasteiger partial charge in [0.05, 0.1) is 20.0 Å². The Kier molecular flexibility index (Phi) is 4.79. The summed E-state index contributed by atoms with van der Waals surface area (Å²) in [4.78, 5) is 4.29. The van der Waals surface area contributed by atoms with Gasteiger partial charge in [-0.25, -0.2) is 4.98 Å². The number of ether oxygens (including phenoxy) is 1. The summed E-state index contributed by atoms with van der Waals surface area (Å²) < 4.78 is 7.57. The Balaban J connectivity index is 2.29. The lowest BCUT2D eigenvalue weighted by Crippen LogP contribution is -2.21. The summed E-state index contributed by atoms with van der Waals surface area (Å²) in [5, 5.41) is 0. The Hall–Kier alpha value is -1.81. The molecule has 4 nitrogen and oxygen atoms in total. The quantitative estimate of drug-likeness (QED) is 0.880. The molecule has 2 aromatic rings. The second-order valence-corrected chi connectivity index (χ2v) is 5.34. The van der Waals surface area contributed by atoms with E-state index in [-0.39, 0.29) is 0 Å². The summed E-state index contributed by atoms with van der Waals surface area (Å²) in [6.45, 7) is 5.77. The SMILES string of the molecule is COc1ccccc1Cn1cncc1C(CN)C(C)C. The topological polar surface area (TPSA) is 53.1 Å². The number of methoxy groups -OCH3 is 1. The fourth-order valence-corrected chi connectivity index (χ4v) is 2.52. The van der Waals surface area contributed by atoms with Crippen molar-refractivity contribution in [1.29, 1.82) is 0 Å². The van der Waals surface area contributed by atoms with Crippen LogP contribution in [-0.4, -0.2) is 23.2 Å². The van der Waals surface area contributed by atoms with Crippen LogP contribution in [0.5, 0.6) is 5.75 Å². The fraction of sp³-hybridized carbons (Fsp3) is 0.438. The lowest BCUT2D eigenvalue weighted by Gasteiger charge is -2.21. The van der Waals surface area contributed by atoms with Crippen LogP contribution in [0.2, 0.25) is 0 Å². The Morgan fingerprint density at radius 3 is 2.70 bits per heavy atom. The zero-order valence-corrected chi connectivity index (χ0v) is 12.4. The van der Waals surface area contributed by atoms with Gasteiger partial charge in [0, 0.05) is 29.9 Å². The number of hydrogen-bond acceptors (Lipinski definition) is 3. The first kappa shape index (κ1) is 14.6. The van der Waals surface area contributed by atoms with Gasteiger partial charge in [-0.15, -0.1) is 0 Å². The number of benzene rings is 1. The van der Waals surface area contributed by atoms with Crippen LogP contribution >= 0.6 is 0 Å². The minimum atomic E-state index is 0.326.